The molecule has 0 fully saturated rings. The molecule has 0 bridgehead atoms. The van der Waals surface area contributed by atoms with Crippen molar-refractivity contribution in [3.05, 3.63) is 139 Å². The minimum absolute atomic E-state index is 0.165. The van der Waals surface area contributed by atoms with Gasteiger partial charge in [-0.3, -0.25) is 4.79 Å². The van der Waals surface area contributed by atoms with Gasteiger partial charge in [-0.15, -0.1) is 0 Å². The molecular weight excluding hydrogens is 387 g/mol. The molecule has 0 aromatic heterocycles. The van der Waals surface area contributed by atoms with Gasteiger partial charge in [0.25, 0.3) is 0 Å². The molecule has 3 heteroatoms. The summed E-state index contributed by atoms with van der Waals surface area (Å²) in [6, 6.07) is 37.4. The Bertz CT molecular complexity index is 1160. The normalized spacial score (nSPS) is 11.8. The topological polar surface area (TPSA) is 34.1 Å². The number of hydrogen-bond acceptors (Lipinski definition) is 2. The molecule has 0 atom stereocenters. The number of carbonyl (C=O) groups is 1. The third kappa shape index (κ3) is 3.96. The Kier molecular flexibility index (Phi) is 5.88. The van der Waals surface area contributed by atoms with Crippen molar-refractivity contribution in [2.24, 2.45) is 0 Å². The quantitative estimate of drug-likeness (QED) is 0.225. The summed E-state index contributed by atoms with van der Waals surface area (Å²) in [5, 5.41) is 1.94. The van der Waals surface area contributed by atoms with Crippen LogP contribution in [0.4, 0.5) is 0 Å². The van der Waals surface area contributed by atoms with Crippen LogP contribution in [0.25, 0.3) is 5.31 Å². The molecule has 4 rings (SSSR count). The van der Waals surface area contributed by atoms with Crippen LogP contribution in [-0.2, 0) is 4.57 Å². The van der Waals surface area contributed by atoms with E-state index < -0.39 is 7.14 Å². The first-order valence-corrected chi connectivity index (χ1v) is 11.5. The van der Waals surface area contributed by atoms with Crippen LogP contribution in [0.2, 0.25) is 0 Å². The van der Waals surface area contributed by atoms with Gasteiger partial charge in [-0.05, 0) is 11.6 Å². The molecule has 2 nitrogen and oxygen atoms in total. The molecule has 0 N–H and O–H groups in total. The molecule has 0 saturated carbocycles. The molecule has 0 spiro atoms. The van der Waals surface area contributed by atoms with E-state index in [1.165, 1.54) is 0 Å². The lowest BCUT2D eigenvalue weighted by Crippen LogP contribution is -2.17. The van der Waals surface area contributed by atoms with Crippen LogP contribution in [0.15, 0.2) is 127 Å². The van der Waals surface area contributed by atoms with Crippen molar-refractivity contribution in [3.63, 3.8) is 0 Å². The van der Waals surface area contributed by atoms with Crippen LogP contribution in [0.1, 0.15) is 15.9 Å². The Balaban J connectivity index is 1.99. The summed E-state index contributed by atoms with van der Waals surface area (Å²) in [6.07, 6.45) is 1.55. The molecule has 0 saturated heterocycles. The first kappa shape index (κ1) is 19.8. The standard InChI is InChI=1S/C27H21O2P/c28-26(22-13-5-1-6-14-22)21-27(23-15-7-2-8-16-23)30(29,24-17-9-3-10-18-24)25-19-11-4-12-20-25/h1-21H/b27-21-. The largest absolute Gasteiger partial charge is 0.309 e. The minimum Gasteiger partial charge on any atom is -0.309 e. The van der Waals surface area contributed by atoms with Crippen LogP contribution < -0.4 is 10.6 Å². The fraction of sp³-hybridized carbons (Fsp3) is 0. The first-order chi connectivity index (χ1) is 14.7. The Hall–Kier alpha value is -3.48. The molecule has 0 aliphatic carbocycles. The van der Waals surface area contributed by atoms with Crippen LogP contribution in [-0.4, -0.2) is 5.78 Å². The van der Waals surface area contributed by atoms with Gasteiger partial charge < -0.3 is 4.57 Å². The predicted octanol–water partition coefficient (Wildman–Crippen LogP) is 5.92. The summed E-state index contributed by atoms with van der Waals surface area (Å²) in [5.74, 6) is -0.165. The summed E-state index contributed by atoms with van der Waals surface area (Å²) >= 11 is 0. The minimum atomic E-state index is -3.29. The van der Waals surface area contributed by atoms with Gasteiger partial charge in [0.15, 0.2) is 12.9 Å². The lowest BCUT2D eigenvalue weighted by Gasteiger charge is -2.23. The smallest absolute Gasteiger partial charge is 0.186 e. The maximum atomic E-state index is 14.9. The van der Waals surface area contributed by atoms with Gasteiger partial charge in [-0.2, -0.15) is 0 Å². The van der Waals surface area contributed by atoms with Gasteiger partial charge >= 0.3 is 0 Å². The number of rotatable bonds is 6. The van der Waals surface area contributed by atoms with E-state index in [-0.39, 0.29) is 5.78 Å². The van der Waals surface area contributed by atoms with Crippen molar-refractivity contribution < 1.29 is 9.36 Å². The van der Waals surface area contributed by atoms with E-state index in [0.29, 0.717) is 21.5 Å². The second-order valence-electron chi connectivity index (χ2n) is 6.91. The number of allylic oxidation sites excluding steroid dienone is 1. The molecule has 30 heavy (non-hydrogen) atoms. The van der Waals surface area contributed by atoms with Crippen molar-refractivity contribution >= 4 is 28.8 Å². The molecule has 0 unspecified atom stereocenters. The van der Waals surface area contributed by atoms with Crippen LogP contribution in [0.3, 0.4) is 0 Å². The van der Waals surface area contributed by atoms with E-state index in [0.717, 1.165) is 5.56 Å². The molecule has 4 aromatic rings. The molecule has 0 aliphatic heterocycles. The summed E-state index contributed by atoms with van der Waals surface area (Å²) in [7, 11) is -3.29. The average molecular weight is 408 g/mol. The molecule has 0 radical (unpaired) electrons. The summed E-state index contributed by atoms with van der Waals surface area (Å²) < 4.78 is 14.9. The van der Waals surface area contributed by atoms with Crippen LogP contribution in [0, 0.1) is 0 Å². The maximum absolute atomic E-state index is 14.9. The second kappa shape index (κ2) is 8.90. The van der Waals surface area contributed by atoms with E-state index >= 15 is 0 Å². The molecular formula is C27H21O2P. The van der Waals surface area contributed by atoms with Gasteiger partial charge in [0, 0.05) is 21.5 Å². The molecule has 0 aliphatic rings. The lowest BCUT2D eigenvalue weighted by atomic mass is 10.1. The fourth-order valence-corrected chi connectivity index (χ4v) is 6.33. The van der Waals surface area contributed by atoms with Crippen molar-refractivity contribution in [2.75, 3.05) is 0 Å². The third-order valence-electron chi connectivity index (χ3n) is 4.97. The second-order valence-corrected chi connectivity index (χ2v) is 9.64. The third-order valence-corrected chi connectivity index (χ3v) is 8.09. The van der Waals surface area contributed by atoms with Crippen molar-refractivity contribution in [1.82, 2.24) is 0 Å². The fourth-order valence-electron chi connectivity index (χ4n) is 3.48. The predicted molar refractivity (Wildman–Crippen MR) is 125 cm³/mol. The van der Waals surface area contributed by atoms with Crippen LogP contribution in [0.5, 0.6) is 0 Å². The van der Waals surface area contributed by atoms with Crippen molar-refractivity contribution in [3.8, 4) is 0 Å². The summed E-state index contributed by atoms with van der Waals surface area (Å²) in [6.45, 7) is 0. The van der Waals surface area contributed by atoms with Gasteiger partial charge in [-0.25, -0.2) is 0 Å². The zero-order valence-corrected chi connectivity index (χ0v) is 17.3. The average Bonchev–Trinajstić information content (AvgIpc) is 2.84. The van der Waals surface area contributed by atoms with E-state index in [9.17, 15) is 9.36 Å². The highest BCUT2D eigenvalue weighted by atomic mass is 31.2. The number of carbonyl (C=O) groups excluding carboxylic acids is 1. The maximum Gasteiger partial charge on any atom is 0.186 e. The number of hydrogen-bond donors (Lipinski definition) is 0. The van der Waals surface area contributed by atoms with E-state index in [2.05, 4.69) is 0 Å². The Labute approximate surface area is 176 Å². The number of benzene rings is 4. The zero-order valence-electron chi connectivity index (χ0n) is 16.4. The highest BCUT2D eigenvalue weighted by Gasteiger charge is 2.33. The summed E-state index contributed by atoms with van der Waals surface area (Å²) in [4.78, 5) is 13.1. The monoisotopic (exact) mass is 408 g/mol. The van der Waals surface area contributed by atoms with Crippen molar-refractivity contribution in [1.29, 1.82) is 0 Å². The van der Waals surface area contributed by atoms with E-state index in [4.69, 9.17) is 0 Å². The Morgan fingerprint density at radius 1 is 0.533 bits per heavy atom. The molecule has 146 valence electrons. The van der Waals surface area contributed by atoms with E-state index in [1.807, 2.05) is 109 Å². The first-order valence-electron chi connectivity index (χ1n) is 9.78. The summed E-state index contributed by atoms with van der Waals surface area (Å²) in [5.41, 5.74) is 1.34. The van der Waals surface area contributed by atoms with Crippen LogP contribution >= 0.6 is 7.14 Å². The molecule has 0 amide bonds. The van der Waals surface area contributed by atoms with Gasteiger partial charge in [0.2, 0.25) is 0 Å². The van der Waals surface area contributed by atoms with Gasteiger partial charge in [-0.1, -0.05) is 121 Å². The number of ketones is 1. The van der Waals surface area contributed by atoms with E-state index in [1.54, 1.807) is 18.2 Å². The molecule has 0 heterocycles. The lowest BCUT2D eigenvalue weighted by molar-refractivity contribution is 0.104. The Morgan fingerprint density at radius 2 is 0.900 bits per heavy atom. The molecule has 4 aromatic carbocycles. The highest BCUT2D eigenvalue weighted by Crippen LogP contribution is 2.56. The zero-order chi connectivity index (χ0) is 20.8. The van der Waals surface area contributed by atoms with Crippen molar-refractivity contribution in [2.45, 2.75) is 0 Å². The van der Waals surface area contributed by atoms with Gasteiger partial charge in [0.05, 0.1) is 0 Å². The SMILES string of the molecule is O=C(/C=C(/c1ccccc1)P(=O)(c1ccccc1)c1ccccc1)c1ccccc1. The highest BCUT2D eigenvalue weighted by molar-refractivity contribution is 7.87. The Morgan fingerprint density at radius 3 is 1.33 bits per heavy atom. The van der Waals surface area contributed by atoms with Gasteiger partial charge in [0.1, 0.15) is 0 Å².